The molecule has 7 heteroatoms. The molecule has 1 amide bonds. The van der Waals surface area contributed by atoms with Crippen LogP contribution in [0.15, 0.2) is 24.3 Å². The molecule has 1 aromatic carbocycles. The third-order valence-corrected chi connectivity index (χ3v) is 3.68. The lowest BCUT2D eigenvalue weighted by molar-refractivity contribution is -0.384. The first-order valence-electron chi connectivity index (χ1n) is 6.44. The number of likely N-dealkylation sites (tertiary alicyclic amines) is 1. The Bertz CT molecular complexity index is 503. The predicted molar refractivity (Wildman–Crippen MR) is 74.1 cm³/mol. The highest BCUT2D eigenvalue weighted by Gasteiger charge is 2.26. The van der Waals surface area contributed by atoms with Gasteiger partial charge in [0, 0.05) is 44.0 Å². The molecule has 1 aromatic rings. The van der Waals surface area contributed by atoms with E-state index < -0.39 is 11.0 Å². The van der Waals surface area contributed by atoms with Gasteiger partial charge in [-0.1, -0.05) is 0 Å². The number of piperidine rings is 1. The standard InChI is InChI=1S/C13H17N3O4/c1-14(10-4-6-11(7-5-10)16(19)20)12-3-2-8-15(9-12)13(17)18/h4-7,12H,2-3,8-9H2,1H3,(H,17,18)/t12-/m1/s1. The molecule has 0 saturated carbocycles. The van der Waals surface area contributed by atoms with Gasteiger partial charge >= 0.3 is 6.09 Å². The molecule has 1 aliphatic heterocycles. The monoisotopic (exact) mass is 279 g/mol. The van der Waals surface area contributed by atoms with Crippen molar-refractivity contribution in [2.24, 2.45) is 0 Å². The summed E-state index contributed by atoms with van der Waals surface area (Å²) in [6.45, 7) is 1.03. The summed E-state index contributed by atoms with van der Waals surface area (Å²) in [5.74, 6) is 0. The Morgan fingerprint density at radius 3 is 2.65 bits per heavy atom. The molecule has 1 atom stereocenters. The average Bonchev–Trinajstić information content (AvgIpc) is 2.46. The van der Waals surface area contributed by atoms with Gasteiger partial charge in [-0.15, -0.1) is 0 Å². The van der Waals surface area contributed by atoms with Crippen molar-refractivity contribution in [3.63, 3.8) is 0 Å². The molecule has 7 nitrogen and oxygen atoms in total. The van der Waals surface area contributed by atoms with Gasteiger partial charge in [0.25, 0.3) is 5.69 Å². The number of anilines is 1. The molecular formula is C13H17N3O4. The summed E-state index contributed by atoms with van der Waals surface area (Å²) in [6.07, 6.45) is 0.845. The van der Waals surface area contributed by atoms with Gasteiger partial charge in [0.2, 0.25) is 0 Å². The molecule has 0 spiro atoms. The van der Waals surface area contributed by atoms with Crippen molar-refractivity contribution >= 4 is 17.5 Å². The van der Waals surface area contributed by atoms with Crippen LogP contribution in [0.5, 0.6) is 0 Å². The van der Waals surface area contributed by atoms with Gasteiger partial charge in [-0.3, -0.25) is 10.1 Å². The normalized spacial score (nSPS) is 18.6. The van der Waals surface area contributed by atoms with Gasteiger partial charge in [-0.25, -0.2) is 4.79 Å². The Morgan fingerprint density at radius 2 is 2.10 bits per heavy atom. The summed E-state index contributed by atoms with van der Waals surface area (Å²) in [4.78, 5) is 24.6. The average molecular weight is 279 g/mol. The summed E-state index contributed by atoms with van der Waals surface area (Å²) >= 11 is 0. The van der Waals surface area contributed by atoms with Crippen LogP contribution >= 0.6 is 0 Å². The number of rotatable bonds is 3. The van der Waals surface area contributed by atoms with E-state index in [0.29, 0.717) is 13.1 Å². The first-order valence-corrected chi connectivity index (χ1v) is 6.44. The molecule has 0 bridgehead atoms. The van der Waals surface area contributed by atoms with E-state index in [1.807, 2.05) is 11.9 Å². The predicted octanol–water partition coefficient (Wildman–Crippen LogP) is 2.17. The highest BCUT2D eigenvalue weighted by molar-refractivity contribution is 5.65. The first-order chi connectivity index (χ1) is 9.49. The minimum absolute atomic E-state index is 0.0537. The number of amides is 1. The van der Waals surface area contributed by atoms with Crippen LogP contribution in [0.2, 0.25) is 0 Å². The minimum atomic E-state index is -0.896. The van der Waals surface area contributed by atoms with Crippen LogP contribution < -0.4 is 4.90 Å². The lowest BCUT2D eigenvalue weighted by Gasteiger charge is -2.37. The number of benzene rings is 1. The van der Waals surface area contributed by atoms with Crippen molar-refractivity contribution in [2.45, 2.75) is 18.9 Å². The van der Waals surface area contributed by atoms with E-state index in [-0.39, 0.29) is 11.7 Å². The van der Waals surface area contributed by atoms with Crippen molar-refractivity contribution in [3.8, 4) is 0 Å². The zero-order chi connectivity index (χ0) is 14.7. The Morgan fingerprint density at radius 1 is 1.45 bits per heavy atom. The number of carboxylic acid groups (broad SMARTS) is 1. The molecular weight excluding hydrogens is 262 g/mol. The Hall–Kier alpha value is -2.31. The molecule has 0 aromatic heterocycles. The maximum absolute atomic E-state index is 11.0. The fourth-order valence-electron chi connectivity index (χ4n) is 2.46. The van der Waals surface area contributed by atoms with Gasteiger partial charge in [-0.05, 0) is 25.0 Å². The highest BCUT2D eigenvalue weighted by atomic mass is 16.6. The fraction of sp³-hybridized carbons (Fsp3) is 0.462. The zero-order valence-electron chi connectivity index (χ0n) is 11.2. The SMILES string of the molecule is CN(c1ccc([N+](=O)[O-])cc1)[C@@H]1CCCN(C(=O)O)C1. The molecule has 108 valence electrons. The molecule has 1 heterocycles. The maximum Gasteiger partial charge on any atom is 0.407 e. The van der Waals surface area contributed by atoms with E-state index in [4.69, 9.17) is 5.11 Å². The van der Waals surface area contributed by atoms with Crippen LogP contribution in [0.25, 0.3) is 0 Å². The molecule has 1 fully saturated rings. The quantitative estimate of drug-likeness (QED) is 0.676. The molecule has 1 aliphatic rings. The molecule has 1 N–H and O–H groups in total. The van der Waals surface area contributed by atoms with Crippen LogP contribution in [0.4, 0.5) is 16.2 Å². The first kappa shape index (κ1) is 14.1. The van der Waals surface area contributed by atoms with Crippen LogP contribution in [0, 0.1) is 10.1 Å². The number of non-ortho nitro benzene ring substituents is 1. The highest BCUT2D eigenvalue weighted by Crippen LogP contribution is 2.23. The number of hydrogen-bond donors (Lipinski definition) is 1. The largest absolute Gasteiger partial charge is 0.465 e. The number of likely N-dealkylation sites (N-methyl/N-ethyl adjacent to an activating group) is 1. The second-order valence-corrected chi connectivity index (χ2v) is 4.91. The van der Waals surface area contributed by atoms with Crippen molar-refractivity contribution in [1.82, 2.24) is 4.90 Å². The van der Waals surface area contributed by atoms with Gasteiger partial charge in [0.1, 0.15) is 0 Å². The molecule has 0 aliphatic carbocycles. The molecule has 0 radical (unpaired) electrons. The Kier molecular flexibility index (Phi) is 4.07. The van der Waals surface area contributed by atoms with E-state index in [1.54, 1.807) is 12.1 Å². The topological polar surface area (TPSA) is 86.9 Å². The summed E-state index contributed by atoms with van der Waals surface area (Å²) in [7, 11) is 1.89. The second kappa shape index (κ2) is 5.77. The zero-order valence-corrected chi connectivity index (χ0v) is 11.2. The summed E-state index contributed by atoms with van der Waals surface area (Å²) < 4.78 is 0. The van der Waals surface area contributed by atoms with Crippen molar-refractivity contribution in [1.29, 1.82) is 0 Å². The van der Waals surface area contributed by atoms with E-state index in [2.05, 4.69) is 0 Å². The van der Waals surface area contributed by atoms with Crippen LogP contribution in [0.1, 0.15) is 12.8 Å². The van der Waals surface area contributed by atoms with Gasteiger partial charge in [0.15, 0.2) is 0 Å². The van der Waals surface area contributed by atoms with Crippen LogP contribution in [-0.2, 0) is 0 Å². The fourth-order valence-corrected chi connectivity index (χ4v) is 2.46. The third kappa shape index (κ3) is 2.98. The Labute approximate surface area is 116 Å². The van der Waals surface area contributed by atoms with Crippen molar-refractivity contribution < 1.29 is 14.8 Å². The van der Waals surface area contributed by atoms with E-state index >= 15 is 0 Å². The maximum atomic E-state index is 11.0. The van der Waals surface area contributed by atoms with Gasteiger partial charge in [-0.2, -0.15) is 0 Å². The van der Waals surface area contributed by atoms with E-state index in [1.165, 1.54) is 17.0 Å². The number of hydrogen-bond acceptors (Lipinski definition) is 4. The summed E-state index contributed by atoms with van der Waals surface area (Å²) in [5, 5.41) is 19.7. The van der Waals surface area contributed by atoms with Crippen molar-refractivity contribution in [3.05, 3.63) is 34.4 Å². The number of nitrogens with zero attached hydrogens (tertiary/aromatic N) is 3. The molecule has 2 rings (SSSR count). The Balaban J connectivity index is 2.08. The third-order valence-electron chi connectivity index (χ3n) is 3.68. The molecule has 0 unspecified atom stereocenters. The molecule has 1 saturated heterocycles. The van der Waals surface area contributed by atoms with Gasteiger partial charge in [0.05, 0.1) is 4.92 Å². The van der Waals surface area contributed by atoms with E-state index in [9.17, 15) is 14.9 Å². The van der Waals surface area contributed by atoms with Gasteiger partial charge < -0.3 is 14.9 Å². The minimum Gasteiger partial charge on any atom is -0.465 e. The number of nitro benzene ring substituents is 1. The summed E-state index contributed by atoms with van der Waals surface area (Å²) in [6, 6.07) is 6.41. The summed E-state index contributed by atoms with van der Waals surface area (Å²) in [5.41, 5.74) is 0.908. The van der Waals surface area contributed by atoms with Crippen molar-refractivity contribution in [2.75, 3.05) is 25.0 Å². The lowest BCUT2D eigenvalue weighted by atomic mass is 10.0. The number of nitro groups is 1. The van der Waals surface area contributed by atoms with Crippen LogP contribution in [-0.4, -0.2) is 47.2 Å². The molecule has 20 heavy (non-hydrogen) atoms. The smallest absolute Gasteiger partial charge is 0.407 e. The van der Waals surface area contributed by atoms with Crippen LogP contribution in [0.3, 0.4) is 0 Å². The lowest BCUT2D eigenvalue weighted by Crippen LogP contribution is -2.48. The van der Waals surface area contributed by atoms with E-state index in [0.717, 1.165) is 18.5 Å². The number of carbonyl (C=O) groups is 1. The second-order valence-electron chi connectivity index (χ2n) is 4.91.